The summed E-state index contributed by atoms with van der Waals surface area (Å²) in [6.07, 6.45) is 1.71. The van der Waals surface area contributed by atoms with E-state index in [1.165, 1.54) is 0 Å². The van der Waals surface area contributed by atoms with Crippen molar-refractivity contribution in [2.24, 2.45) is 0 Å². The van der Waals surface area contributed by atoms with Crippen LogP contribution in [0.25, 0.3) is 11.4 Å². The smallest absolute Gasteiger partial charge is 0.358 e. The molecule has 0 saturated heterocycles. The highest BCUT2D eigenvalue weighted by molar-refractivity contribution is 9.10. The molecule has 7 heteroatoms. The Balaban J connectivity index is 1.74. The van der Waals surface area contributed by atoms with Gasteiger partial charge < -0.3 is 14.0 Å². The lowest BCUT2D eigenvalue weighted by atomic mass is 10.2. The van der Waals surface area contributed by atoms with E-state index in [-0.39, 0.29) is 12.3 Å². The number of hydrogen-bond acceptors (Lipinski definition) is 4. The Morgan fingerprint density at radius 3 is 2.43 bits per heavy atom. The Labute approximate surface area is 187 Å². The molecule has 0 fully saturated rings. The third-order valence-corrected chi connectivity index (χ3v) is 6.76. The Bertz CT molecular complexity index is 966. The number of aromatic nitrogens is 2. The van der Waals surface area contributed by atoms with Crippen molar-refractivity contribution in [3.8, 4) is 11.4 Å². The minimum absolute atomic E-state index is 0.215. The first-order valence-electron chi connectivity index (χ1n) is 9.94. The molecule has 0 aliphatic heterocycles. The van der Waals surface area contributed by atoms with Crippen molar-refractivity contribution in [3.05, 3.63) is 76.5 Å². The van der Waals surface area contributed by atoms with Crippen LogP contribution in [0.15, 0.2) is 65.3 Å². The number of imidazole rings is 1. The fourth-order valence-corrected chi connectivity index (χ4v) is 3.80. The van der Waals surface area contributed by atoms with Gasteiger partial charge in [-0.3, -0.25) is 0 Å². The minimum atomic E-state index is -1.16. The van der Waals surface area contributed by atoms with E-state index in [0.717, 1.165) is 21.6 Å². The second kappa shape index (κ2) is 10.2. The van der Waals surface area contributed by atoms with Crippen molar-refractivity contribution in [2.45, 2.75) is 39.0 Å². The van der Waals surface area contributed by atoms with Crippen LogP contribution in [0.3, 0.4) is 0 Å². The number of nitrogens with zero attached hydrogens (tertiary/aromatic N) is 2. The average molecular weight is 487 g/mol. The van der Waals surface area contributed by atoms with Crippen molar-refractivity contribution < 1.29 is 14.3 Å². The van der Waals surface area contributed by atoms with E-state index in [1.807, 2.05) is 59.2 Å². The van der Waals surface area contributed by atoms with E-state index < -0.39 is 14.0 Å². The Morgan fingerprint density at radius 1 is 1.07 bits per heavy atom. The fraction of sp³-hybridized carbons (Fsp3) is 0.304. The molecule has 0 aliphatic rings. The van der Waals surface area contributed by atoms with Crippen molar-refractivity contribution in [1.82, 2.24) is 9.55 Å². The van der Waals surface area contributed by atoms with Crippen LogP contribution >= 0.6 is 15.9 Å². The van der Waals surface area contributed by atoms with Gasteiger partial charge in [-0.05, 0) is 23.7 Å². The zero-order valence-electron chi connectivity index (χ0n) is 17.6. The van der Waals surface area contributed by atoms with Gasteiger partial charge in [0.25, 0.3) is 0 Å². The summed E-state index contributed by atoms with van der Waals surface area (Å²) in [5, 5.41) is 0. The molecule has 3 aromatic rings. The molecule has 0 amide bonds. The largest absolute Gasteiger partial charge is 0.456 e. The molecule has 1 heterocycles. The van der Waals surface area contributed by atoms with Gasteiger partial charge in [-0.1, -0.05) is 78.0 Å². The quantitative estimate of drug-likeness (QED) is 0.212. The summed E-state index contributed by atoms with van der Waals surface area (Å²) < 4.78 is 14.2. The van der Waals surface area contributed by atoms with Gasteiger partial charge in [0.1, 0.15) is 19.2 Å². The monoisotopic (exact) mass is 486 g/mol. The standard InChI is InChI=1S/C23H27BrN2O3Si/c1-30(2,3)14-13-28-17-26-15-21(23(27)29-16-18-7-5-4-6-8-18)25-22(26)19-9-11-20(24)12-10-19/h4-12,15H,13-14,16-17H2,1-3H3. The summed E-state index contributed by atoms with van der Waals surface area (Å²) in [6.45, 7) is 8.22. The molecule has 5 nitrogen and oxygen atoms in total. The van der Waals surface area contributed by atoms with Crippen molar-refractivity contribution in [3.63, 3.8) is 0 Å². The predicted molar refractivity (Wildman–Crippen MR) is 125 cm³/mol. The molecule has 0 aliphatic carbocycles. The van der Waals surface area contributed by atoms with Gasteiger partial charge in [0.15, 0.2) is 5.69 Å². The number of halogens is 1. The van der Waals surface area contributed by atoms with E-state index in [0.29, 0.717) is 19.2 Å². The maximum absolute atomic E-state index is 12.6. The summed E-state index contributed by atoms with van der Waals surface area (Å²) in [7, 11) is -1.16. The molecule has 0 spiro atoms. The van der Waals surface area contributed by atoms with Crippen molar-refractivity contribution in [2.75, 3.05) is 6.61 Å². The zero-order chi connectivity index (χ0) is 21.6. The van der Waals surface area contributed by atoms with Crippen LogP contribution in [0.2, 0.25) is 25.7 Å². The van der Waals surface area contributed by atoms with E-state index in [2.05, 4.69) is 40.6 Å². The topological polar surface area (TPSA) is 53.4 Å². The highest BCUT2D eigenvalue weighted by Crippen LogP contribution is 2.22. The van der Waals surface area contributed by atoms with Crippen LogP contribution < -0.4 is 0 Å². The second-order valence-corrected chi connectivity index (χ2v) is 14.9. The normalized spacial score (nSPS) is 11.5. The Morgan fingerprint density at radius 2 is 1.77 bits per heavy atom. The van der Waals surface area contributed by atoms with Gasteiger partial charge in [-0.25, -0.2) is 9.78 Å². The van der Waals surface area contributed by atoms with Crippen LogP contribution in [0.4, 0.5) is 0 Å². The number of rotatable bonds is 9. The van der Waals surface area contributed by atoms with E-state index in [1.54, 1.807) is 6.20 Å². The highest BCUT2D eigenvalue weighted by atomic mass is 79.9. The lowest BCUT2D eigenvalue weighted by Crippen LogP contribution is -2.22. The average Bonchev–Trinajstić information content (AvgIpc) is 3.14. The molecule has 0 atom stereocenters. The van der Waals surface area contributed by atoms with Crippen molar-refractivity contribution in [1.29, 1.82) is 0 Å². The first kappa shape index (κ1) is 22.5. The summed E-state index contributed by atoms with van der Waals surface area (Å²) in [5.41, 5.74) is 2.12. The van der Waals surface area contributed by atoms with E-state index in [4.69, 9.17) is 9.47 Å². The molecule has 2 aromatic carbocycles. The number of carbonyl (C=O) groups is 1. The lowest BCUT2D eigenvalue weighted by Gasteiger charge is -2.16. The lowest BCUT2D eigenvalue weighted by molar-refractivity contribution is 0.0465. The van der Waals surface area contributed by atoms with E-state index >= 15 is 0 Å². The SMILES string of the molecule is C[Si](C)(C)CCOCn1cc(C(=O)OCc2ccccc2)nc1-c1ccc(Br)cc1. The van der Waals surface area contributed by atoms with Gasteiger partial charge >= 0.3 is 5.97 Å². The maximum atomic E-state index is 12.6. The number of carbonyl (C=O) groups excluding carboxylic acids is 1. The molecule has 0 unspecified atom stereocenters. The van der Waals surface area contributed by atoms with Crippen LogP contribution in [0.1, 0.15) is 16.1 Å². The minimum Gasteiger partial charge on any atom is -0.456 e. The Hall–Kier alpha value is -2.22. The van der Waals surface area contributed by atoms with Crippen molar-refractivity contribution >= 4 is 30.0 Å². The summed E-state index contributed by atoms with van der Waals surface area (Å²) in [5.74, 6) is 0.236. The van der Waals surface area contributed by atoms with Crippen LogP contribution in [0, 0.1) is 0 Å². The molecular formula is C23H27BrN2O3Si. The van der Waals surface area contributed by atoms with Gasteiger partial charge in [-0.15, -0.1) is 0 Å². The summed E-state index contributed by atoms with van der Waals surface area (Å²) >= 11 is 3.46. The molecule has 0 saturated carbocycles. The van der Waals surface area contributed by atoms with Gasteiger partial charge in [-0.2, -0.15) is 0 Å². The van der Waals surface area contributed by atoms with Gasteiger partial charge in [0.05, 0.1) is 0 Å². The molecule has 3 rings (SSSR count). The third-order valence-electron chi connectivity index (χ3n) is 4.53. The maximum Gasteiger partial charge on any atom is 0.358 e. The molecule has 0 radical (unpaired) electrons. The Kier molecular flexibility index (Phi) is 7.63. The molecule has 0 N–H and O–H groups in total. The number of esters is 1. The molecule has 1 aromatic heterocycles. The van der Waals surface area contributed by atoms with Crippen LogP contribution in [-0.4, -0.2) is 30.2 Å². The van der Waals surface area contributed by atoms with Crippen LogP contribution in [-0.2, 0) is 22.8 Å². The van der Waals surface area contributed by atoms with E-state index in [9.17, 15) is 4.79 Å². The number of benzene rings is 2. The molecule has 0 bridgehead atoms. The summed E-state index contributed by atoms with van der Waals surface area (Å²) in [4.78, 5) is 17.1. The second-order valence-electron chi connectivity index (χ2n) is 8.34. The zero-order valence-corrected chi connectivity index (χ0v) is 20.2. The molecule has 158 valence electrons. The third kappa shape index (κ3) is 6.65. The van der Waals surface area contributed by atoms with Gasteiger partial charge in [0, 0.05) is 30.9 Å². The number of ether oxygens (including phenoxy) is 2. The van der Waals surface area contributed by atoms with Crippen LogP contribution in [0.5, 0.6) is 0 Å². The summed E-state index contributed by atoms with van der Waals surface area (Å²) in [6, 6.07) is 18.5. The molecular weight excluding hydrogens is 460 g/mol. The predicted octanol–water partition coefficient (Wildman–Crippen LogP) is 5.98. The first-order valence-corrected chi connectivity index (χ1v) is 14.4. The van der Waals surface area contributed by atoms with Gasteiger partial charge in [0.2, 0.25) is 0 Å². The molecule has 30 heavy (non-hydrogen) atoms. The fourth-order valence-electron chi connectivity index (χ4n) is 2.78. The first-order chi connectivity index (χ1) is 14.3. The number of hydrogen-bond donors (Lipinski definition) is 0. The highest BCUT2D eigenvalue weighted by Gasteiger charge is 2.18.